The van der Waals surface area contributed by atoms with Gasteiger partial charge < -0.3 is 15.0 Å². The number of benzene rings is 4. The number of carbonyl (C=O) groups excluding carboxylic acids is 2. The van der Waals surface area contributed by atoms with Crippen LogP contribution in [0.5, 0.6) is 5.75 Å². The van der Waals surface area contributed by atoms with E-state index in [1.807, 2.05) is 68.4 Å². The summed E-state index contributed by atoms with van der Waals surface area (Å²) in [7, 11) is -2.69. The van der Waals surface area contributed by atoms with Gasteiger partial charge in [-0.2, -0.15) is 0 Å². The highest BCUT2D eigenvalue weighted by Crippen LogP contribution is 2.26. The van der Waals surface area contributed by atoms with Crippen molar-refractivity contribution in [3.05, 3.63) is 125 Å². The number of carbonyl (C=O) groups is 2. The summed E-state index contributed by atoms with van der Waals surface area (Å²) in [5.41, 5.74) is 2.00. The molecule has 0 aliphatic heterocycles. The topological polar surface area (TPSA) is 96.0 Å². The fraction of sp³-hybridized carbons (Fsp3) is 0.257. The molecular weight excluding hydrogens is 654 g/mol. The van der Waals surface area contributed by atoms with Crippen molar-refractivity contribution in [1.82, 2.24) is 10.2 Å². The molecule has 0 heterocycles. The van der Waals surface area contributed by atoms with Gasteiger partial charge >= 0.3 is 0 Å². The Balaban J connectivity index is 1.78. The molecule has 0 radical (unpaired) electrons. The third-order valence-electron chi connectivity index (χ3n) is 7.51. The highest BCUT2D eigenvalue weighted by Gasteiger charge is 2.35. The van der Waals surface area contributed by atoms with Crippen molar-refractivity contribution in [2.24, 2.45) is 0 Å². The number of halogens is 1. The van der Waals surface area contributed by atoms with E-state index in [0.29, 0.717) is 17.9 Å². The highest BCUT2D eigenvalue weighted by molar-refractivity contribution is 9.10. The quantitative estimate of drug-likeness (QED) is 0.170. The van der Waals surface area contributed by atoms with Crippen molar-refractivity contribution < 1.29 is 22.7 Å². The zero-order valence-electron chi connectivity index (χ0n) is 25.6. The molecule has 0 aromatic heterocycles. The van der Waals surface area contributed by atoms with Gasteiger partial charge in [0.15, 0.2) is 0 Å². The van der Waals surface area contributed by atoms with E-state index < -0.39 is 28.5 Å². The fourth-order valence-electron chi connectivity index (χ4n) is 4.78. The van der Waals surface area contributed by atoms with E-state index in [4.69, 9.17) is 4.74 Å². The van der Waals surface area contributed by atoms with Crippen LogP contribution in [0.3, 0.4) is 0 Å². The van der Waals surface area contributed by atoms with Gasteiger partial charge in [-0.05, 0) is 73.0 Å². The average Bonchev–Trinajstić information content (AvgIpc) is 3.06. The number of ether oxygens (including phenoxy) is 1. The van der Waals surface area contributed by atoms with Gasteiger partial charge in [-0.15, -0.1) is 0 Å². The third kappa shape index (κ3) is 8.95. The van der Waals surface area contributed by atoms with E-state index in [2.05, 4.69) is 21.2 Å². The molecule has 0 saturated carbocycles. The van der Waals surface area contributed by atoms with E-state index in [0.717, 1.165) is 19.9 Å². The van der Waals surface area contributed by atoms with Crippen molar-refractivity contribution >= 4 is 43.5 Å². The van der Waals surface area contributed by atoms with Crippen molar-refractivity contribution in [3.8, 4) is 5.75 Å². The number of anilines is 1. The Morgan fingerprint density at radius 3 is 2.02 bits per heavy atom. The second kappa shape index (κ2) is 15.7. The zero-order valence-corrected chi connectivity index (χ0v) is 28.0. The maximum Gasteiger partial charge on any atom is 0.264 e. The first-order valence-electron chi connectivity index (χ1n) is 14.7. The number of methoxy groups -OCH3 is 1. The number of hydrogen-bond acceptors (Lipinski definition) is 5. The summed E-state index contributed by atoms with van der Waals surface area (Å²) < 4.78 is 35.4. The number of rotatable bonds is 14. The minimum absolute atomic E-state index is 0.00904. The molecule has 4 aromatic carbocycles. The van der Waals surface area contributed by atoms with Gasteiger partial charge in [0.25, 0.3) is 10.0 Å². The highest BCUT2D eigenvalue weighted by atomic mass is 79.9. The Kier molecular flexibility index (Phi) is 11.8. The molecule has 0 bridgehead atoms. The minimum atomic E-state index is -4.19. The Hall–Kier alpha value is -4.15. The van der Waals surface area contributed by atoms with E-state index in [1.54, 1.807) is 42.5 Å². The first kappa shape index (κ1) is 33.7. The average molecular weight is 693 g/mol. The summed E-state index contributed by atoms with van der Waals surface area (Å²) in [5.74, 6) is -0.310. The fourth-order valence-corrected chi connectivity index (χ4v) is 6.46. The smallest absolute Gasteiger partial charge is 0.264 e. The number of nitrogens with zero attached hydrogens (tertiary/aromatic N) is 2. The Morgan fingerprint density at radius 2 is 1.44 bits per heavy atom. The zero-order chi connectivity index (χ0) is 32.4. The third-order valence-corrected chi connectivity index (χ3v) is 9.83. The predicted molar refractivity (Wildman–Crippen MR) is 180 cm³/mol. The lowest BCUT2D eigenvalue weighted by Gasteiger charge is -2.34. The molecule has 0 saturated heterocycles. The molecular formula is C35H38BrN3O5S. The van der Waals surface area contributed by atoms with Crippen LogP contribution in [0.1, 0.15) is 31.4 Å². The van der Waals surface area contributed by atoms with Crippen molar-refractivity contribution in [3.63, 3.8) is 0 Å². The summed E-state index contributed by atoms with van der Waals surface area (Å²) in [6, 6.07) is 30.5. The SMILES string of the molecule is CC[C@H](C)NC(=O)[C@H](Cc1ccccc1)N(Cc1ccc(Br)cc1)C(=O)CN(c1ccccc1)S(=O)(=O)c1ccc(OC)cc1. The van der Waals surface area contributed by atoms with E-state index >= 15 is 0 Å². The van der Waals surface area contributed by atoms with Gasteiger partial charge in [0.1, 0.15) is 18.3 Å². The Labute approximate surface area is 274 Å². The van der Waals surface area contributed by atoms with Crippen LogP contribution in [0, 0.1) is 0 Å². The molecule has 2 atom stereocenters. The molecule has 236 valence electrons. The van der Waals surface area contributed by atoms with Crippen molar-refractivity contribution in [2.45, 2.75) is 50.2 Å². The molecule has 8 nitrogen and oxygen atoms in total. The van der Waals surface area contributed by atoms with Gasteiger partial charge in [-0.25, -0.2) is 8.42 Å². The van der Waals surface area contributed by atoms with Crippen LogP contribution in [0.15, 0.2) is 119 Å². The van der Waals surface area contributed by atoms with E-state index in [1.165, 1.54) is 24.1 Å². The van der Waals surface area contributed by atoms with Gasteiger partial charge in [-0.1, -0.05) is 83.5 Å². The van der Waals surface area contributed by atoms with E-state index in [9.17, 15) is 18.0 Å². The lowest BCUT2D eigenvalue weighted by Crippen LogP contribution is -2.54. The second-order valence-electron chi connectivity index (χ2n) is 10.7. The van der Waals surface area contributed by atoms with Crippen LogP contribution < -0.4 is 14.4 Å². The van der Waals surface area contributed by atoms with Gasteiger partial charge in [0.2, 0.25) is 11.8 Å². The number of nitrogens with one attached hydrogen (secondary N) is 1. The summed E-state index contributed by atoms with van der Waals surface area (Å²) in [4.78, 5) is 29.9. The largest absolute Gasteiger partial charge is 0.497 e. The van der Waals surface area contributed by atoms with Crippen LogP contribution >= 0.6 is 15.9 Å². The van der Waals surface area contributed by atoms with Gasteiger partial charge in [-0.3, -0.25) is 13.9 Å². The van der Waals surface area contributed by atoms with Crippen LogP contribution in [0.2, 0.25) is 0 Å². The number of hydrogen-bond donors (Lipinski definition) is 1. The standard InChI is InChI=1S/C35H38BrN3O5S/c1-4-26(2)37-35(41)33(23-27-11-7-5-8-12-27)38(24-28-15-17-29(36)18-16-28)34(40)25-39(30-13-9-6-10-14-30)45(42,43)32-21-19-31(44-3)20-22-32/h5-22,26,33H,4,23-25H2,1-3H3,(H,37,41)/t26-,33-/m0/s1. The summed E-state index contributed by atoms with van der Waals surface area (Å²) >= 11 is 3.46. The van der Waals surface area contributed by atoms with Crippen LogP contribution in [-0.4, -0.2) is 50.9 Å². The number of amides is 2. The van der Waals surface area contributed by atoms with Gasteiger partial charge in [0, 0.05) is 23.5 Å². The van der Waals surface area contributed by atoms with Gasteiger partial charge in [0.05, 0.1) is 17.7 Å². The normalized spacial score (nSPS) is 12.5. The summed E-state index contributed by atoms with van der Waals surface area (Å²) in [5, 5.41) is 3.05. The number of sulfonamides is 1. The second-order valence-corrected chi connectivity index (χ2v) is 13.5. The molecule has 4 aromatic rings. The number of para-hydroxylation sites is 1. The van der Waals surface area contributed by atoms with Crippen LogP contribution in [-0.2, 0) is 32.6 Å². The monoisotopic (exact) mass is 691 g/mol. The molecule has 2 amide bonds. The van der Waals surface area contributed by atoms with Crippen molar-refractivity contribution in [1.29, 1.82) is 0 Å². The molecule has 1 N–H and O–H groups in total. The first-order chi connectivity index (χ1) is 21.6. The lowest BCUT2D eigenvalue weighted by atomic mass is 10.0. The lowest BCUT2D eigenvalue weighted by molar-refractivity contribution is -0.140. The first-order valence-corrected chi connectivity index (χ1v) is 17.0. The maximum atomic E-state index is 14.5. The Bertz CT molecular complexity index is 1650. The predicted octanol–water partition coefficient (Wildman–Crippen LogP) is 6.21. The minimum Gasteiger partial charge on any atom is -0.497 e. The summed E-state index contributed by atoms with van der Waals surface area (Å²) in [6.45, 7) is 3.47. The maximum absolute atomic E-state index is 14.5. The molecule has 4 rings (SSSR count). The van der Waals surface area contributed by atoms with Crippen molar-refractivity contribution in [2.75, 3.05) is 18.0 Å². The Morgan fingerprint density at radius 1 is 0.844 bits per heavy atom. The molecule has 0 fully saturated rings. The molecule has 0 aliphatic carbocycles. The molecule has 10 heteroatoms. The molecule has 0 spiro atoms. The molecule has 0 unspecified atom stereocenters. The summed E-state index contributed by atoms with van der Waals surface area (Å²) in [6.07, 6.45) is 0.967. The van der Waals surface area contributed by atoms with E-state index in [-0.39, 0.29) is 29.8 Å². The molecule has 45 heavy (non-hydrogen) atoms. The molecule has 0 aliphatic rings. The van der Waals surface area contributed by atoms with Crippen LogP contribution in [0.25, 0.3) is 0 Å². The van der Waals surface area contributed by atoms with Crippen LogP contribution in [0.4, 0.5) is 5.69 Å².